The number of alkyl halides is 2. The third-order valence-electron chi connectivity index (χ3n) is 10.6. The molecule has 0 radical (unpaired) electrons. The molecule has 19 heteroatoms. The van der Waals surface area contributed by atoms with Gasteiger partial charge in [-0.25, -0.2) is 43.7 Å². The van der Waals surface area contributed by atoms with Crippen LogP contribution in [0, 0.1) is 11.6 Å². The van der Waals surface area contributed by atoms with Crippen molar-refractivity contribution in [1.29, 1.82) is 0 Å². The highest BCUT2D eigenvalue weighted by Gasteiger charge is 2.42. The molecule has 0 spiro atoms. The van der Waals surface area contributed by atoms with Gasteiger partial charge >= 0.3 is 0 Å². The third kappa shape index (κ3) is 8.02. The van der Waals surface area contributed by atoms with Gasteiger partial charge in [0.25, 0.3) is 12.0 Å². The molecule has 0 amide bonds. The summed E-state index contributed by atoms with van der Waals surface area (Å²) in [6, 6.07) is 15.1. The minimum absolute atomic E-state index is 0.0218. The molecule has 0 bridgehead atoms. The molecule has 2 N–H and O–H groups in total. The second-order valence-corrected chi connectivity index (χ2v) is 20.1. The van der Waals surface area contributed by atoms with E-state index in [0.717, 1.165) is 31.9 Å². The first-order valence-corrected chi connectivity index (χ1v) is 22.1. The lowest BCUT2D eigenvalue weighted by atomic mass is 10.00. The second kappa shape index (κ2) is 15.5. The molecule has 1 unspecified atom stereocenters. The topological polar surface area (TPSA) is 159 Å². The number of sulfonamides is 1. The van der Waals surface area contributed by atoms with Gasteiger partial charge in [0.15, 0.2) is 15.7 Å². The van der Waals surface area contributed by atoms with Crippen LogP contribution in [0.5, 0.6) is 5.75 Å². The molecule has 2 heterocycles. The first-order valence-electron chi connectivity index (χ1n) is 18.3. The molecule has 4 aromatic carbocycles. The van der Waals surface area contributed by atoms with E-state index in [4.69, 9.17) is 27.1 Å². The predicted octanol–water partition coefficient (Wildman–Crippen LogP) is 6.96. The number of ether oxygens (including phenoxy) is 1. The van der Waals surface area contributed by atoms with Crippen molar-refractivity contribution >= 4 is 59.1 Å². The van der Waals surface area contributed by atoms with E-state index in [9.17, 15) is 39.2 Å². The molecule has 7 rings (SSSR count). The standard InChI is InChI=1S/C40H39ClF4N6O6S2/c1-40(2,58(4,53)54)24-7-12-29-32(18-24)47-37(31(46)17-23-15-25(42)19-26(43)16-23)51(39(29)52)33-14-13-30(41)35-36(33)49(21-34(44)45)48-38(35)50(59(55,56)28-10-11-28)20-22-5-8-27(57-3)9-6-22/h5-9,12-16,18-19,28,31,34H,10-11,17,20-21,46H2,1-4H3. The number of rotatable bonds is 14. The normalized spacial score (nSPS) is 14.4. The van der Waals surface area contributed by atoms with Crippen molar-refractivity contribution in [3.05, 3.63) is 122 Å². The third-order valence-corrected chi connectivity index (χ3v) is 15.2. The van der Waals surface area contributed by atoms with Gasteiger partial charge in [-0.3, -0.25) is 14.0 Å². The summed E-state index contributed by atoms with van der Waals surface area (Å²) in [6.45, 7) is 1.67. The Morgan fingerprint density at radius 3 is 2.22 bits per heavy atom. The van der Waals surface area contributed by atoms with E-state index in [1.165, 1.54) is 51.3 Å². The van der Waals surface area contributed by atoms with Crippen molar-refractivity contribution in [1.82, 2.24) is 19.3 Å². The van der Waals surface area contributed by atoms with Crippen LogP contribution >= 0.6 is 11.6 Å². The molecule has 12 nitrogen and oxygen atoms in total. The van der Waals surface area contributed by atoms with Crippen molar-refractivity contribution in [2.45, 2.75) is 68.7 Å². The predicted molar refractivity (Wildman–Crippen MR) is 218 cm³/mol. The summed E-state index contributed by atoms with van der Waals surface area (Å²) in [5.41, 5.74) is 6.67. The zero-order valence-electron chi connectivity index (χ0n) is 32.2. The summed E-state index contributed by atoms with van der Waals surface area (Å²) in [6.07, 6.45) is -1.48. The Morgan fingerprint density at radius 1 is 0.966 bits per heavy atom. The fourth-order valence-corrected chi connectivity index (χ4v) is 9.52. The molecular formula is C40H39ClF4N6O6S2. The van der Waals surface area contributed by atoms with Crippen LogP contribution in [0.2, 0.25) is 5.02 Å². The number of fused-ring (bicyclic) bond motifs is 2. The highest BCUT2D eigenvalue weighted by atomic mass is 35.5. The number of sulfone groups is 1. The van der Waals surface area contributed by atoms with Gasteiger partial charge in [0.05, 0.1) is 62.2 Å². The van der Waals surface area contributed by atoms with Crippen LogP contribution in [-0.4, -0.2) is 61.2 Å². The quantitative estimate of drug-likeness (QED) is 0.114. The molecule has 312 valence electrons. The molecule has 59 heavy (non-hydrogen) atoms. The maximum absolute atomic E-state index is 14.8. The summed E-state index contributed by atoms with van der Waals surface area (Å²) in [7, 11) is -6.35. The Kier molecular flexibility index (Phi) is 11.1. The second-order valence-electron chi connectivity index (χ2n) is 15.0. The lowest BCUT2D eigenvalue weighted by Gasteiger charge is -2.24. The van der Waals surface area contributed by atoms with E-state index < -0.39 is 66.1 Å². The number of hydrogen-bond donors (Lipinski definition) is 1. The number of aromatic nitrogens is 4. The Hall–Kier alpha value is -5.04. The molecule has 2 aromatic heterocycles. The first-order chi connectivity index (χ1) is 27.7. The van der Waals surface area contributed by atoms with Gasteiger partial charge < -0.3 is 10.5 Å². The van der Waals surface area contributed by atoms with Crippen LogP contribution < -0.4 is 20.3 Å². The van der Waals surface area contributed by atoms with Crippen LogP contribution in [0.1, 0.15) is 55.2 Å². The summed E-state index contributed by atoms with van der Waals surface area (Å²) >= 11 is 6.85. The Labute approximate surface area is 342 Å². The van der Waals surface area contributed by atoms with Crippen molar-refractivity contribution < 1.29 is 39.1 Å². The fraction of sp³-hybridized carbons (Fsp3) is 0.325. The molecule has 1 aliphatic carbocycles. The van der Waals surface area contributed by atoms with Crippen LogP contribution in [0.4, 0.5) is 23.4 Å². The number of benzene rings is 4. The van der Waals surface area contributed by atoms with E-state index in [2.05, 4.69) is 5.10 Å². The SMILES string of the molecule is COc1ccc(CN(c2nn(CC(F)F)c3c(-n4c(C(N)Cc5cc(F)cc(F)c5)nc5cc(C(C)(C)S(C)(=O)=O)ccc5c4=O)ccc(Cl)c23)S(=O)(=O)C2CC2)cc1. The summed E-state index contributed by atoms with van der Waals surface area (Å²) in [5.74, 6) is -1.70. The van der Waals surface area contributed by atoms with Gasteiger partial charge in [0.2, 0.25) is 10.0 Å². The van der Waals surface area contributed by atoms with Gasteiger partial charge in [0, 0.05) is 12.3 Å². The van der Waals surface area contributed by atoms with Crippen molar-refractivity contribution in [2.24, 2.45) is 5.73 Å². The van der Waals surface area contributed by atoms with Gasteiger partial charge in [-0.05, 0) is 98.3 Å². The summed E-state index contributed by atoms with van der Waals surface area (Å²) < 4.78 is 118. The van der Waals surface area contributed by atoms with Crippen LogP contribution in [0.3, 0.4) is 0 Å². The van der Waals surface area contributed by atoms with E-state index in [-0.39, 0.29) is 62.7 Å². The van der Waals surface area contributed by atoms with Gasteiger partial charge in [-0.1, -0.05) is 29.8 Å². The van der Waals surface area contributed by atoms with Gasteiger partial charge in [0.1, 0.15) is 29.8 Å². The molecular weight excluding hydrogens is 836 g/mol. The highest BCUT2D eigenvalue weighted by Crippen LogP contribution is 2.42. The summed E-state index contributed by atoms with van der Waals surface area (Å²) in [5, 5.41) is 3.55. The molecule has 1 aliphatic rings. The molecule has 0 saturated heterocycles. The average molecular weight is 875 g/mol. The molecule has 6 aromatic rings. The Morgan fingerprint density at radius 2 is 1.63 bits per heavy atom. The summed E-state index contributed by atoms with van der Waals surface area (Å²) in [4.78, 5) is 19.6. The lowest BCUT2D eigenvalue weighted by molar-refractivity contribution is 0.123. The van der Waals surface area contributed by atoms with E-state index >= 15 is 0 Å². The molecule has 0 aliphatic heterocycles. The maximum atomic E-state index is 14.8. The van der Waals surface area contributed by atoms with Crippen molar-refractivity contribution in [3.8, 4) is 11.4 Å². The van der Waals surface area contributed by atoms with Crippen molar-refractivity contribution in [2.75, 3.05) is 17.7 Å². The zero-order valence-corrected chi connectivity index (χ0v) is 34.6. The number of anilines is 1. The minimum Gasteiger partial charge on any atom is -0.497 e. The monoisotopic (exact) mass is 874 g/mol. The van der Waals surface area contributed by atoms with Crippen molar-refractivity contribution in [3.63, 3.8) is 0 Å². The van der Waals surface area contributed by atoms with Crippen LogP contribution in [0.25, 0.3) is 27.5 Å². The van der Waals surface area contributed by atoms with Gasteiger partial charge in [-0.15, -0.1) is 0 Å². The smallest absolute Gasteiger partial charge is 0.266 e. The minimum atomic E-state index is -4.15. The van der Waals surface area contributed by atoms with E-state index in [0.29, 0.717) is 35.8 Å². The number of nitrogens with zero attached hydrogens (tertiary/aromatic N) is 5. The Bertz CT molecular complexity index is 2880. The maximum Gasteiger partial charge on any atom is 0.266 e. The fourth-order valence-electron chi connectivity index (χ4n) is 6.94. The van der Waals surface area contributed by atoms with Gasteiger partial charge in [-0.2, -0.15) is 5.10 Å². The zero-order chi connectivity index (χ0) is 42.8. The number of hydrogen-bond acceptors (Lipinski definition) is 9. The van der Waals surface area contributed by atoms with E-state index in [1.54, 1.807) is 24.3 Å². The van der Waals surface area contributed by atoms with E-state index in [1.807, 2.05) is 0 Å². The van der Waals surface area contributed by atoms with Crippen LogP contribution in [-0.2, 0) is 44.1 Å². The highest BCUT2D eigenvalue weighted by molar-refractivity contribution is 7.93. The number of halogens is 5. The Balaban J connectivity index is 1.52. The largest absolute Gasteiger partial charge is 0.497 e. The number of methoxy groups -OCH3 is 1. The number of nitrogens with two attached hydrogens (primary N) is 1. The van der Waals surface area contributed by atoms with Crippen LogP contribution in [0.15, 0.2) is 77.6 Å². The first kappa shape index (κ1) is 42.1. The molecule has 1 fully saturated rings. The molecule has 1 atom stereocenters. The molecule has 1 saturated carbocycles. The lowest BCUT2D eigenvalue weighted by Crippen LogP contribution is -2.34. The average Bonchev–Trinajstić information content (AvgIpc) is 3.96.